The van der Waals surface area contributed by atoms with Gasteiger partial charge in [0.2, 0.25) is 10.0 Å². The number of hydrogen-bond donors (Lipinski definition) is 1. The maximum absolute atomic E-state index is 11.7. The van der Waals surface area contributed by atoms with Crippen LogP contribution in [0.5, 0.6) is 0 Å². The fraction of sp³-hybridized carbons (Fsp3) is 0.300. The van der Waals surface area contributed by atoms with Crippen LogP contribution in [0.1, 0.15) is 15.9 Å². The molecule has 0 heterocycles. The highest BCUT2D eigenvalue weighted by atomic mass is 32.2. The highest BCUT2D eigenvalue weighted by molar-refractivity contribution is 7.89. The van der Waals surface area contributed by atoms with E-state index in [2.05, 4.69) is 9.46 Å². The summed E-state index contributed by atoms with van der Waals surface area (Å²) in [6.45, 7) is 1.65. The third kappa shape index (κ3) is 2.23. The predicted molar refractivity (Wildman–Crippen MR) is 58.8 cm³/mol. The Morgan fingerprint density at radius 3 is 2.50 bits per heavy atom. The first-order valence-corrected chi connectivity index (χ1v) is 6.04. The standard InChI is InChI=1S/C10H13NO4S/c1-7-5-4-6-8(16(13,14)11-2)9(7)10(12)15-3/h4-6,11H,1-3H3. The van der Waals surface area contributed by atoms with Crippen molar-refractivity contribution in [3.63, 3.8) is 0 Å². The zero-order chi connectivity index (χ0) is 12.3. The number of carbonyl (C=O) groups excluding carboxylic acids is 1. The van der Waals surface area contributed by atoms with E-state index in [9.17, 15) is 13.2 Å². The smallest absolute Gasteiger partial charge is 0.339 e. The van der Waals surface area contributed by atoms with Crippen LogP contribution in [0.4, 0.5) is 0 Å². The van der Waals surface area contributed by atoms with Crippen molar-refractivity contribution in [1.29, 1.82) is 0 Å². The molecule has 6 heteroatoms. The summed E-state index contributed by atoms with van der Waals surface area (Å²) >= 11 is 0. The highest BCUT2D eigenvalue weighted by Gasteiger charge is 2.23. The van der Waals surface area contributed by atoms with Gasteiger partial charge in [-0.05, 0) is 25.6 Å². The summed E-state index contributed by atoms with van der Waals surface area (Å²) in [6, 6.07) is 4.60. The number of methoxy groups -OCH3 is 1. The molecular formula is C10H13NO4S. The highest BCUT2D eigenvalue weighted by Crippen LogP contribution is 2.19. The van der Waals surface area contributed by atoms with Crippen molar-refractivity contribution in [3.8, 4) is 0 Å². The first kappa shape index (κ1) is 12.7. The monoisotopic (exact) mass is 243 g/mol. The number of carbonyl (C=O) groups is 1. The molecule has 0 spiro atoms. The fourth-order valence-corrected chi connectivity index (χ4v) is 2.33. The molecule has 0 radical (unpaired) electrons. The second-order valence-corrected chi connectivity index (χ2v) is 5.00. The van der Waals surface area contributed by atoms with E-state index >= 15 is 0 Å². The Hall–Kier alpha value is -1.40. The van der Waals surface area contributed by atoms with E-state index in [-0.39, 0.29) is 10.5 Å². The van der Waals surface area contributed by atoms with Gasteiger partial charge >= 0.3 is 5.97 Å². The molecule has 0 saturated carbocycles. The van der Waals surface area contributed by atoms with Gasteiger partial charge in [-0.25, -0.2) is 17.9 Å². The molecule has 0 atom stereocenters. The molecule has 5 nitrogen and oxygen atoms in total. The maximum Gasteiger partial charge on any atom is 0.339 e. The van der Waals surface area contributed by atoms with Crippen LogP contribution in [0, 0.1) is 6.92 Å². The molecule has 0 aliphatic rings. The van der Waals surface area contributed by atoms with Crippen molar-refractivity contribution in [3.05, 3.63) is 29.3 Å². The van der Waals surface area contributed by atoms with Gasteiger partial charge in [0, 0.05) is 0 Å². The quantitative estimate of drug-likeness (QED) is 0.793. The van der Waals surface area contributed by atoms with Crippen molar-refractivity contribution in [2.45, 2.75) is 11.8 Å². The van der Waals surface area contributed by atoms with Crippen LogP contribution in [0.2, 0.25) is 0 Å². The summed E-state index contributed by atoms with van der Waals surface area (Å²) in [4.78, 5) is 11.4. The summed E-state index contributed by atoms with van der Waals surface area (Å²) in [5, 5.41) is 0. The largest absolute Gasteiger partial charge is 0.465 e. The van der Waals surface area contributed by atoms with Gasteiger partial charge in [-0.1, -0.05) is 12.1 Å². The molecule has 16 heavy (non-hydrogen) atoms. The molecule has 1 aromatic carbocycles. The normalized spacial score (nSPS) is 11.2. The lowest BCUT2D eigenvalue weighted by molar-refractivity contribution is 0.0595. The second-order valence-electron chi connectivity index (χ2n) is 3.15. The molecule has 0 fully saturated rings. The topological polar surface area (TPSA) is 72.5 Å². The third-order valence-electron chi connectivity index (χ3n) is 2.18. The van der Waals surface area contributed by atoms with Gasteiger partial charge in [0.25, 0.3) is 0 Å². The number of benzene rings is 1. The zero-order valence-electron chi connectivity index (χ0n) is 9.27. The van der Waals surface area contributed by atoms with Crippen LogP contribution >= 0.6 is 0 Å². The van der Waals surface area contributed by atoms with E-state index in [1.807, 2.05) is 0 Å². The Bertz CT molecular complexity index is 508. The van der Waals surface area contributed by atoms with Gasteiger partial charge in [0.1, 0.15) is 0 Å². The maximum atomic E-state index is 11.7. The Labute approximate surface area is 94.5 Å². The molecule has 1 N–H and O–H groups in total. The third-order valence-corrected chi connectivity index (χ3v) is 3.64. The predicted octanol–water partition coefficient (Wildman–Crippen LogP) is 0.690. The van der Waals surface area contributed by atoms with Crippen LogP contribution in [0.3, 0.4) is 0 Å². The number of sulfonamides is 1. The number of esters is 1. The van der Waals surface area contributed by atoms with Gasteiger partial charge in [-0.15, -0.1) is 0 Å². The second kappa shape index (κ2) is 4.63. The van der Waals surface area contributed by atoms with Gasteiger partial charge in [-0.3, -0.25) is 0 Å². The fourth-order valence-electron chi connectivity index (χ4n) is 1.34. The summed E-state index contributed by atoms with van der Waals surface area (Å²) in [5.74, 6) is -0.660. The van der Waals surface area contributed by atoms with Gasteiger partial charge in [0.05, 0.1) is 17.6 Å². The molecule has 0 saturated heterocycles. The van der Waals surface area contributed by atoms with Crippen LogP contribution in [-0.4, -0.2) is 28.5 Å². The van der Waals surface area contributed by atoms with E-state index in [1.54, 1.807) is 19.1 Å². The number of aryl methyl sites for hydroxylation is 1. The zero-order valence-corrected chi connectivity index (χ0v) is 10.1. The molecular weight excluding hydrogens is 230 g/mol. The van der Waals surface area contributed by atoms with Crippen molar-refractivity contribution < 1.29 is 17.9 Å². The van der Waals surface area contributed by atoms with Gasteiger partial charge < -0.3 is 4.74 Å². The average Bonchev–Trinajstić information content (AvgIpc) is 2.27. The molecule has 88 valence electrons. The van der Waals surface area contributed by atoms with E-state index < -0.39 is 16.0 Å². The summed E-state index contributed by atoms with van der Waals surface area (Å²) in [7, 11) is -1.15. The lowest BCUT2D eigenvalue weighted by Crippen LogP contribution is -2.22. The van der Waals surface area contributed by atoms with Crippen LogP contribution in [0.15, 0.2) is 23.1 Å². The van der Waals surface area contributed by atoms with Crippen LogP contribution in [0.25, 0.3) is 0 Å². The van der Waals surface area contributed by atoms with Crippen LogP contribution < -0.4 is 4.72 Å². The molecule has 0 unspecified atom stereocenters. The van der Waals surface area contributed by atoms with E-state index in [4.69, 9.17) is 0 Å². The molecule has 1 aromatic rings. The first-order chi connectivity index (χ1) is 7.44. The molecule has 0 aliphatic carbocycles. The molecule has 0 aromatic heterocycles. The van der Waals surface area contributed by atoms with Gasteiger partial charge in [0.15, 0.2) is 0 Å². The number of rotatable bonds is 3. The molecule has 1 rings (SSSR count). The SMILES string of the molecule is CNS(=O)(=O)c1cccc(C)c1C(=O)OC. The lowest BCUT2D eigenvalue weighted by Gasteiger charge is -2.10. The Balaban J connectivity index is 3.53. The Morgan fingerprint density at radius 2 is 2.00 bits per heavy atom. The van der Waals surface area contributed by atoms with Gasteiger partial charge in [-0.2, -0.15) is 0 Å². The minimum absolute atomic E-state index is 0.0677. The Kier molecular flexibility index (Phi) is 3.66. The molecule has 0 aliphatic heterocycles. The number of ether oxygens (including phenoxy) is 1. The average molecular weight is 243 g/mol. The Morgan fingerprint density at radius 1 is 1.38 bits per heavy atom. The number of nitrogens with one attached hydrogen (secondary N) is 1. The minimum atomic E-state index is -3.66. The van der Waals surface area contributed by atoms with E-state index in [0.717, 1.165) is 0 Å². The summed E-state index contributed by atoms with van der Waals surface area (Å²) in [6.07, 6.45) is 0. The minimum Gasteiger partial charge on any atom is -0.465 e. The van der Waals surface area contributed by atoms with Crippen molar-refractivity contribution >= 4 is 16.0 Å². The first-order valence-electron chi connectivity index (χ1n) is 4.55. The van der Waals surface area contributed by atoms with Crippen molar-refractivity contribution in [2.24, 2.45) is 0 Å². The summed E-state index contributed by atoms with van der Waals surface area (Å²) < 4.78 is 30.1. The number of hydrogen-bond acceptors (Lipinski definition) is 4. The molecule has 0 bridgehead atoms. The summed E-state index contributed by atoms with van der Waals surface area (Å²) in [5.41, 5.74) is 0.627. The van der Waals surface area contributed by atoms with Crippen molar-refractivity contribution in [2.75, 3.05) is 14.2 Å². The lowest BCUT2D eigenvalue weighted by atomic mass is 10.1. The van der Waals surface area contributed by atoms with E-state index in [0.29, 0.717) is 5.56 Å². The van der Waals surface area contributed by atoms with E-state index in [1.165, 1.54) is 20.2 Å². The van der Waals surface area contributed by atoms with Crippen molar-refractivity contribution in [1.82, 2.24) is 4.72 Å². The van der Waals surface area contributed by atoms with Crippen LogP contribution in [-0.2, 0) is 14.8 Å². The molecule has 0 amide bonds.